The molecule has 5 heteroatoms. The fourth-order valence-electron chi connectivity index (χ4n) is 2.39. The van der Waals surface area contributed by atoms with Gasteiger partial charge in [0.1, 0.15) is 0 Å². The summed E-state index contributed by atoms with van der Waals surface area (Å²) in [6, 6.07) is 3.62. The van der Waals surface area contributed by atoms with Crippen molar-refractivity contribution in [3.8, 4) is 0 Å². The molecule has 0 aromatic carbocycles. The number of pyridine rings is 1. The van der Waals surface area contributed by atoms with Gasteiger partial charge in [-0.1, -0.05) is 13.8 Å². The second-order valence-corrected chi connectivity index (χ2v) is 5.19. The van der Waals surface area contributed by atoms with Gasteiger partial charge in [-0.15, -0.1) is 0 Å². The van der Waals surface area contributed by atoms with E-state index in [9.17, 15) is 9.59 Å². The summed E-state index contributed by atoms with van der Waals surface area (Å²) in [5.41, 5.74) is 0.498. The van der Waals surface area contributed by atoms with Crippen LogP contribution in [0, 0.1) is 17.3 Å². The Morgan fingerprint density at radius 2 is 1.94 bits per heavy atom. The summed E-state index contributed by atoms with van der Waals surface area (Å²) in [6.45, 7) is 4.02. The van der Waals surface area contributed by atoms with Crippen molar-refractivity contribution in [3.05, 3.63) is 30.1 Å². The van der Waals surface area contributed by atoms with Crippen molar-refractivity contribution in [1.82, 2.24) is 10.3 Å². The van der Waals surface area contributed by atoms with Gasteiger partial charge in [0.2, 0.25) is 5.91 Å². The molecule has 96 valence electrons. The number of carboxylic acids is 1. The number of carbonyl (C=O) groups excluding carboxylic acids is 1. The van der Waals surface area contributed by atoms with Gasteiger partial charge in [0.15, 0.2) is 0 Å². The van der Waals surface area contributed by atoms with Gasteiger partial charge in [-0.3, -0.25) is 14.6 Å². The molecule has 2 N–H and O–H groups in total. The maximum absolute atomic E-state index is 11.9. The van der Waals surface area contributed by atoms with E-state index < -0.39 is 23.2 Å². The molecule has 0 saturated heterocycles. The highest BCUT2D eigenvalue weighted by atomic mass is 16.4. The van der Waals surface area contributed by atoms with Crippen molar-refractivity contribution in [2.45, 2.75) is 20.4 Å². The molecule has 5 nitrogen and oxygen atoms in total. The summed E-state index contributed by atoms with van der Waals surface area (Å²) in [5.74, 6) is -2.10. The van der Waals surface area contributed by atoms with Crippen LogP contribution >= 0.6 is 0 Å². The number of carboxylic acid groups (broad SMARTS) is 1. The van der Waals surface area contributed by atoms with Crippen LogP contribution in [0.3, 0.4) is 0 Å². The van der Waals surface area contributed by atoms with Crippen LogP contribution in [-0.4, -0.2) is 22.0 Å². The van der Waals surface area contributed by atoms with Gasteiger partial charge in [-0.05, 0) is 23.1 Å². The number of hydrogen-bond donors (Lipinski definition) is 2. The summed E-state index contributed by atoms with van der Waals surface area (Å²) >= 11 is 0. The molecule has 1 aromatic rings. The molecule has 0 radical (unpaired) electrons. The lowest BCUT2D eigenvalue weighted by Gasteiger charge is -2.05. The van der Waals surface area contributed by atoms with Crippen molar-refractivity contribution in [3.63, 3.8) is 0 Å². The smallest absolute Gasteiger partial charge is 0.307 e. The Hall–Kier alpha value is -1.91. The molecular formula is C13H16N2O3. The number of nitrogens with zero attached hydrogens (tertiary/aromatic N) is 1. The van der Waals surface area contributed by atoms with Gasteiger partial charge in [0, 0.05) is 18.9 Å². The number of amides is 1. The van der Waals surface area contributed by atoms with Crippen molar-refractivity contribution in [2.75, 3.05) is 0 Å². The summed E-state index contributed by atoms with van der Waals surface area (Å²) in [7, 11) is 0. The topological polar surface area (TPSA) is 79.3 Å². The summed E-state index contributed by atoms with van der Waals surface area (Å²) in [5, 5.41) is 11.8. The van der Waals surface area contributed by atoms with Gasteiger partial charge in [0.25, 0.3) is 0 Å². The van der Waals surface area contributed by atoms with Crippen molar-refractivity contribution in [2.24, 2.45) is 17.3 Å². The fraction of sp³-hybridized carbons (Fsp3) is 0.462. The molecule has 1 aromatic heterocycles. The van der Waals surface area contributed by atoms with E-state index >= 15 is 0 Å². The molecule has 1 heterocycles. The van der Waals surface area contributed by atoms with Crippen LogP contribution in [0.4, 0.5) is 0 Å². The molecular weight excluding hydrogens is 232 g/mol. The van der Waals surface area contributed by atoms with E-state index in [4.69, 9.17) is 5.11 Å². The Morgan fingerprint density at radius 1 is 1.33 bits per heavy atom. The Bertz CT molecular complexity index is 470. The zero-order valence-corrected chi connectivity index (χ0v) is 10.4. The minimum absolute atomic E-state index is 0.191. The second kappa shape index (κ2) is 4.40. The third kappa shape index (κ3) is 2.20. The standard InChI is InChI=1S/C13H16N2O3/c1-13(2)9(10(13)12(17)18)11(16)15-7-8-3-5-14-6-4-8/h3-6,9-10H,7H2,1-2H3,(H,15,16)(H,17,18)/t9-,10+/m0/s1. The number of aromatic nitrogens is 1. The minimum atomic E-state index is -0.899. The molecule has 0 spiro atoms. The molecule has 0 aliphatic heterocycles. The molecule has 1 saturated carbocycles. The maximum Gasteiger partial charge on any atom is 0.307 e. The van der Waals surface area contributed by atoms with Crippen LogP contribution in [0.1, 0.15) is 19.4 Å². The zero-order valence-electron chi connectivity index (χ0n) is 10.4. The lowest BCUT2D eigenvalue weighted by atomic mass is 10.1. The molecule has 1 fully saturated rings. The summed E-state index contributed by atoms with van der Waals surface area (Å²) in [6.07, 6.45) is 3.31. The monoisotopic (exact) mass is 248 g/mol. The van der Waals surface area contributed by atoms with Crippen molar-refractivity contribution in [1.29, 1.82) is 0 Å². The molecule has 18 heavy (non-hydrogen) atoms. The van der Waals surface area contributed by atoms with E-state index in [1.54, 1.807) is 12.4 Å². The van der Waals surface area contributed by atoms with Crippen LogP contribution < -0.4 is 5.32 Å². The van der Waals surface area contributed by atoms with Crippen LogP contribution in [-0.2, 0) is 16.1 Å². The largest absolute Gasteiger partial charge is 0.481 e. The predicted molar refractivity (Wildman–Crippen MR) is 64.5 cm³/mol. The molecule has 2 atom stereocenters. The quantitative estimate of drug-likeness (QED) is 0.834. The number of aliphatic carboxylic acids is 1. The Kier molecular flexibility index (Phi) is 3.07. The normalized spacial score (nSPS) is 24.3. The number of nitrogens with one attached hydrogen (secondary N) is 1. The SMILES string of the molecule is CC1(C)[C@H](C(=O)NCc2ccncc2)[C@@H]1C(=O)O. The summed E-state index contributed by atoms with van der Waals surface area (Å²) < 4.78 is 0. The average Bonchev–Trinajstić information content (AvgIpc) is 2.91. The van der Waals surface area contributed by atoms with Gasteiger partial charge < -0.3 is 10.4 Å². The van der Waals surface area contributed by atoms with E-state index in [1.165, 1.54) is 0 Å². The highest BCUT2D eigenvalue weighted by Crippen LogP contribution is 2.58. The Labute approximate surface area is 105 Å². The van der Waals surface area contributed by atoms with E-state index in [2.05, 4.69) is 10.3 Å². The molecule has 1 aliphatic carbocycles. The average molecular weight is 248 g/mol. The number of carbonyl (C=O) groups is 2. The predicted octanol–water partition coefficient (Wildman–Crippen LogP) is 1.05. The number of rotatable bonds is 4. The van der Waals surface area contributed by atoms with Crippen LogP contribution in [0.2, 0.25) is 0 Å². The molecule has 0 unspecified atom stereocenters. The first-order valence-electron chi connectivity index (χ1n) is 5.84. The lowest BCUT2D eigenvalue weighted by Crippen LogP contribution is -2.26. The van der Waals surface area contributed by atoms with Gasteiger partial charge in [0.05, 0.1) is 11.8 Å². The van der Waals surface area contributed by atoms with Crippen molar-refractivity contribution < 1.29 is 14.7 Å². The Balaban J connectivity index is 1.93. The van der Waals surface area contributed by atoms with E-state index in [1.807, 2.05) is 26.0 Å². The fourth-order valence-corrected chi connectivity index (χ4v) is 2.39. The minimum Gasteiger partial charge on any atom is -0.481 e. The van der Waals surface area contributed by atoms with Gasteiger partial charge in [-0.25, -0.2) is 0 Å². The highest BCUT2D eigenvalue weighted by molar-refractivity contribution is 5.91. The summed E-state index contributed by atoms with van der Waals surface area (Å²) in [4.78, 5) is 26.8. The van der Waals surface area contributed by atoms with E-state index in [0.29, 0.717) is 6.54 Å². The molecule has 2 rings (SSSR count). The van der Waals surface area contributed by atoms with Crippen molar-refractivity contribution >= 4 is 11.9 Å². The maximum atomic E-state index is 11.9. The Morgan fingerprint density at radius 3 is 2.44 bits per heavy atom. The molecule has 0 bridgehead atoms. The van der Waals surface area contributed by atoms with Gasteiger partial charge in [-0.2, -0.15) is 0 Å². The van der Waals surface area contributed by atoms with Crippen LogP contribution in [0.15, 0.2) is 24.5 Å². The zero-order chi connectivity index (χ0) is 13.3. The molecule has 1 amide bonds. The first kappa shape index (κ1) is 12.5. The van der Waals surface area contributed by atoms with E-state index in [-0.39, 0.29) is 5.91 Å². The van der Waals surface area contributed by atoms with E-state index in [0.717, 1.165) is 5.56 Å². The molecule has 1 aliphatic rings. The first-order chi connectivity index (χ1) is 8.44. The van der Waals surface area contributed by atoms with Crippen LogP contribution in [0.25, 0.3) is 0 Å². The second-order valence-electron chi connectivity index (χ2n) is 5.19. The van der Waals surface area contributed by atoms with Crippen LogP contribution in [0.5, 0.6) is 0 Å². The third-order valence-electron chi connectivity index (χ3n) is 3.59. The first-order valence-corrected chi connectivity index (χ1v) is 5.84. The third-order valence-corrected chi connectivity index (χ3v) is 3.59. The number of hydrogen-bond acceptors (Lipinski definition) is 3. The highest BCUT2D eigenvalue weighted by Gasteiger charge is 2.65. The van der Waals surface area contributed by atoms with Gasteiger partial charge >= 0.3 is 5.97 Å². The lowest BCUT2D eigenvalue weighted by molar-refractivity contribution is -0.140.